The van der Waals surface area contributed by atoms with Crippen LogP contribution in [0, 0.1) is 5.82 Å². The largest absolute Gasteiger partial charge is 0.489 e. The van der Waals surface area contributed by atoms with Gasteiger partial charge in [-0.2, -0.15) is 0 Å². The first-order valence-electron chi connectivity index (χ1n) is 11.1. The molecule has 0 saturated carbocycles. The second kappa shape index (κ2) is 9.27. The Bertz CT molecular complexity index is 1180. The molecule has 1 aromatic heterocycles. The maximum absolute atomic E-state index is 14.8. The molecule has 170 valence electrons. The van der Waals surface area contributed by atoms with Crippen molar-refractivity contribution in [3.05, 3.63) is 71.1 Å². The Morgan fingerprint density at radius 1 is 1.03 bits per heavy atom. The van der Waals surface area contributed by atoms with E-state index in [-0.39, 0.29) is 11.7 Å². The number of amides is 1. The van der Waals surface area contributed by atoms with Crippen LogP contribution in [0.3, 0.4) is 0 Å². The zero-order chi connectivity index (χ0) is 22.8. The Labute approximate surface area is 196 Å². The van der Waals surface area contributed by atoms with Crippen LogP contribution in [0.2, 0.25) is 5.02 Å². The topological polar surface area (TPSA) is 57.7 Å². The second-order valence-corrected chi connectivity index (χ2v) is 8.54. The molecule has 0 unspecified atom stereocenters. The number of halogens is 2. The number of nitrogens with zero attached hydrogens (tertiary/aromatic N) is 3. The SMILES string of the molecule is O=C(Nc1ccc(N2CCCCC2)c(F)c1)c1cccc2c1OCCN2c1ncccc1Cl. The molecule has 2 aromatic carbocycles. The molecule has 3 heterocycles. The highest BCUT2D eigenvalue weighted by molar-refractivity contribution is 6.33. The summed E-state index contributed by atoms with van der Waals surface area (Å²) >= 11 is 6.35. The average molecular weight is 467 g/mol. The van der Waals surface area contributed by atoms with Crippen LogP contribution in [-0.2, 0) is 0 Å². The number of benzene rings is 2. The summed E-state index contributed by atoms with van der Waals surface area (Å²) in [4.78, 5) is 21.5. The van der Waals surface area contributed by atoms with Gasteiger partial charge in [0.1, 0.15) is 12.4 Å². The fraction of sp³-hybridized carbons (Fsp3) is 0.280. The molecule has 6 nitrogen and oxygen atoms in total. The average Bonchev–Trinajstić information content (AvgIpc) is 2.84. The normalized spacial score (nSPS) is 15.6. The Kier molecular flexibility index (Phi) is 6.05. The number of aromatic nitrogens is 1. The van der Waals surface area contributed by atoms with Crippen molar-refractivity contribution in [3.8, 4) is 5.75 Å². The van der Waals surface area contributed by atoms with Gasteiger partial charge < -0.3 is 19.9 Å². The Morgan fingerprint density at radius 2 is 1.88 bits per heavy atom. The van der Waals surface area contributed by atoms with Gasteiger partial charge in [0.15, 0.2) is 11.6 Å². The number of hydrogen-bond donors (Lipinski definition) is 1. The van der Waals surface area contributed by atoms with Crippen molar-refractivity contribution in [1.82, 2.24) is 4.98 Å². The minimum Gasteiger partial charge on any atom is -0.489 e. The van der Waals surface area contributed by atoms with Gasteiger partial charge in [0.2, 0.25) is 0 Å². The van der Waals surface area contributed by atoms with Crippen molar-refractivity contribution >= 4 is 40.4 Å². The zero-order valence-corrected chi connectivity index (χ0v) is 18.8. The number of hydrogen-bond acceptors (Lipinski definition) is 5. The van der Waals surface area contributed by atoms with Crippen molar-refractivity contribution in [2.24, 2.45) is 0 Å². The third kappa shape index (κ3) is 4.33. The first kappa shape index (κ1) is 21.5. The molecule has 0 bridgehead atoms. The number of anilines is 4. The zero-order valence-electron chi connectivity index (χ0n) is 18.1. The summed E-state index contributed by atoms with van der Waals surface area (Å²) in [6.45, 7) is 2.64. The number of pyridine rings is 1. The van der Waals surface area contributed by atoms with Gasteiger partial charge in [0.25, 0.3) is 5.91 Å². The molecule has 2 aliphatic heterocycles. The number of rotatable bonds is 4. The van der Waals surface area contributed by atoms with Crippen LogP contribution in [0.1, 0.15) is 29.6 Å². The molecule has 2 aliphatic rings. The summed E-state index contributed by atoms with van der Waals surface area (Å²) < 4.78 is 20.7. The van der Waals surface area contributed by atoms with Crippen LogP contribution >= 0.6 is 11.6 Å². The van der Waals surface area contributed by atoms with Crippen LogP contribution in [0.25, 0.3) is 0 Å². The number of para-hydroxylation sites is 1. The van der Waals surface area contributed by atoms with E-state index in [0.29, 0.717) is 52.4 Å². The predicted molar refractivity (Wildman–Crippen MR) is 129 cm³/mol. The third-order valence-corrected chi connectivity index (χ3v) is 6.28. The smallest absolute Gasteiger partial charge is 0.259 e. The minimum absolute atomic E-state index is 0.336. The number of fused-ring (bicyclic) bond motifs is 1. The van der Waals surface area contributed by atoms with Crippen molar-refractivity contribution in [3.63, 3.8) is 0 Å². The van der Waals surface area contributed by atoms with Gasteiger partial charge in [-0.05, 0) is 61.7 Å². The minimum atomic E-state index is -0.369. The highest BCUT2D eigenvalue weighted by Crippen LogP contribution is 2.40. The Morgan fingerprint density at radius 3 is 2.67 bits per heavy atom. The van der Waals surface area contributed by atoms with Crippen LogP contribution in [0.4, 0.5) is 27.3 Å². The Hall–Kier alpha value is -3.32. The first-order valence-corrected chi connectivity index (χ1v) is 11.5. The Balaban J connectivity index is 1.39. The lowest BCUT2D eigenvalue weighted by molar-refractivity contribution is 0.102. The van der Waals surface area contributed by atoms with Gasteiger partial charge in [-0.15, -0.1) is 0 Å². The summed E-state index contributed by atoms with van der Waals surface area (Å²) in [5, 5.41) is 3.33. The van der Waals surface area contributed by atoms with E-state index in [2.05, 4.69) is 15.2 Å². The summed E-state index contributed by atoms with van der Waals surface area (Å²) in [7, 11) is 0. The van der Waals surface area contributed by atoms with E-state index < -0.39 is 0 Å². The summed E-state index contributed by atoms with van der Waals surface area (Å²) in [5.74, 6) is 0.355. The molecule has 0 spiro atoms. The summed E-state index contributed by atoms with van der Waals surface area (Å²) in [6, 6.07) is 13.7. The van der Waals surface area contributed by atoms with Crippen LogP contribution in [0.5, 0.6) is 5.75 Å². The van der Waals surface area contributed by atoms with Gasteiger partial charge in [-0.25, -0.2) is 9.37 Å². The van der Waals surface area contributed by atoms with Gasteiger partial charge in [-0.1, -0.05) is 17.7 Å². The molecule has 0 radical (unpaired) electrons. The van der Waals surface area contributed by atoms with Gasteiger partial charge in [0.05, 0.1) is 28.5 Å². The van der Waals surface area contributed by atoms with Crippen molar-refractivity contribution in [2.45, 2.75) is 19.3 Å². The molecule has 1 amide bonds. The third-order valence-electron chi connectivity index (χ3n) is 5.99. The number of carbonyl (C=O) groups is 1. The van der Waals surface area contributed by atoms with Crippen LogP contribution in [0.15, 0.2) is 54.7 Å². The van der Waals surface area contributed by atoms with Gasteiger partial charge in [0, 0.05) is 25.0 Å². The molecule has 0 atom stereocenters. The molecule has 1 saturated heterocycles. The molecule has 33 heavy (non-hydrogen) atoms. The van der Waals surface area contributed by atoms with E-state index in [1.54, 1.807) is 42.6 Å². The van der Waals surface area contributed by atoms with Crippen molar-refractivity contribution < 1.29 is 13.9 Å². The van der Waals surface area contributed by atoms with E-state index >= 15 is 0 Å². The monoisotopic (exact) mass is 466 g/mol. The highest BCUT2D eigenvalue weighted by Gasteiger charge is 2.27. The maximum atomic E-state index is 14.8. The second-order valence-electron chi connectivity index (χ2n) is 8.13. The van der Waals surface area contributed by atoms with E-state index in [9.17, 15) is 9.18 Å². The molecule has 3 aromatic rings. The molecule has 8 heteroatoms. The summed E-state index contributed by atoms with van der Waals surface area (Å²) in [6.07, 6.45) is 4.99. The van der Waals surface area contributed by atoms with E-state index in [1.165, 1.54) is 12.5 Å². The van der Waals surface area contributed by atoms with E-state index in [4.69, 9.17) is 16.3 Å². The molecule has 5 rings (SSSR count). The number of piperidine rings is 1. The molecular weight excluding hydrogens is 443 g/mol. The van der Waals surface area contributed by atoms with Gasteiger partial charge >= 0.3 is 0 Å². The fourth-order valence-electron chi connectivity index (χ4n) is 4.40. The number of carbonyl (C=O) groups excluding carboxylic acids is 1. The quantitative estimate of drug-likeness (QED) is 0.538. The standard InChI is InChI=1S/C25H24ClFN4O2/c26-19-7-5-11-28-24(19)31-14-15-33-23-18(6-4-8-22(23)31)25(32)29-17-9-10-21(20(27)16-17)30-12-2-1-3-13-30/h4-11,16H,1-3,12-15H2,(H,29,32). The first-order chi connectivity index (χ1) is 16.1. The van der Waals surface area contributed by atoms with E-state index in [1.807, 2.05) is 11.0 Å². The van der Waals surface area contributed by atoms with Crippen LogP contribution < -0.4 is 19.9 Å². The van der Waals surface area contributed by atoms with Crippen molar-refractivity contribution in [2.75, 3.05) is 41.4 Å². The molecule has 1 fully saturated rings. The molecule has 1 N–H and O–H groups in total. The lowest BCUT2D eigenvalue weighted by Gasteiger charge is -2.31. The molecular formula is C25H24ClFN4O2. The fourth-order valence-corrected chi connectivity index (χ4v) is 4.62. The maximum Gasteiger partial charge on any atom is 0.259 e. The van der Waals surface area contributed by atoms with Crippen molar-refractivity contribution in [1.29, 1.82) is 0 Å². The van der Waals surface area contributed by atoms with Crippen LogP contribution in [-0.4, -0.2) is 37.1 Å². The van der Waals surface area contributed by atoms with Gasteiger partial charge in [-0.3, -0.25) is 4.79 Å². The predicted octanol–water partition coefficient (Wildman–Crippen LogP) is 5.65. The number of ether oxygens (including phenoxy) is 1. The van der Waals surface area contributed by atoms with E-state index in [0.717, 1.165) is 25.9 Å². The molecule has 0 aliphatic carbocycles. The highest BCUT2D eigenvalue weighted by atomic mass is 35.5. The summed E-state index contributed by atoms with van der Waals surface area (Å²) in [5.41, 5.74) is 2.05. The number of nitrogens with one attached hydrogen (secondary N) is 1. The lowest BCUT2D eigenvalue weighted by Crippen LogP contribution is -2.31. The lowest BCUT2D eigenvalue weighted by atomic mass is 10.1.